The van der Waals surface area contributed by atoms with Crippen LogP contribution in [-0.2, 0) is 11.2 Å². The molecule has 1 aromatic carbocycles. The fourth-order valence-electron chi connectivity index (χ4n) is 2.88. The van der Waals surface area contributed by atoms with Gasteiger partial charge in [0.25, 0.3) is 0 Å². The number of aromatic amines is 1. The third-order valence-corrected chi connectivity index (χ3v) is 4.12. The molecule has 2 heterocycles. The van der Waals surface area contributed by atoms with Crippen LogP contribution in [0, 0.1) is 19.8 Å². The van der Waals surface area contributed by atoms with Gasteiger partial charge in [-0.2, -0.15) is 0 Å². The summed E-state index contributed by atoms with van der Waals surface area (Å²) in [7, 11) is 1.85. The second kappa shape index (κ2) is 12.6. The van der Waals surface area contributed by atoms with Crippen LogP contribution in [0.2, 0.25) is 0 Å². The van der Waals surface area contributed by atoms with Crippen molar-refractivity contribution in [2.24, 2.45) is 5.92 Å². The highest BCUT2D eigenvalue weighted by Gasteiger charge is 2.12. The van der Waals surface area contributed by atoms with Crippen LogP contribution in [0.15, 0.2) is 24.3 Å². The molecule has 164 valence electrons. The first-order valence-corrected chi connectivity index (χ1v) is 10.7. The van der Waals surface area contributed by atoms with E-state index in [0.29, 0.717) is 6.54 Å². The molecule has 0 spiro atoms. The number of amides is 1. The number of carbonyl (C=O) groups is 1. The van der Waals surface area contributed by atoms with Crippen molar-refractivity contribution < 1.29 is 4.79 Å². The monoisotopic (exact) mass is 411 g/mol. The van der Waals surface area contributed by atoms with E-state index in [-0.39, 0.29) is 0 Å². The Labute approximate surface area is 180 Å². The minimum absolute atomic E-state index is 0.614. The maximum Gasteiger partial charge on any atom is 0.207 e. The maximum absolute atomic E-state index is 10.4. The Kier molecular flexibility index (Phi) is 10.6. The normalized spacial score (nSPS) is 10.0. The molecule has 3 aromatic rings. The van der Waals surface area contributed by atoms with Gasteiger partial charge in [0.15, 0.2) is 0 Å². The second-order valence-electron chi connectivity index (χ2n) is 7.48. The Hall–Kier alpha value is -2.89. The highest BCUT2D eigenvalue weighted by molar-refractivity contribution is 5.91. The molecule has 0 unspecified atom stereocenters. The van der Waals surface area contributed by atoms with Crippen molar-refractivity contribution in [3.05, 3.63) is 41.2 Å². The van der Waals surface area contributed by atoms with Gasteiger partial charge in [-0.25, -0.2) is 9.97 Å². The van der Waals surface area contributed by atoms with Crippen molar-refractivity contribution in [3.63, 3.8) is 0 Å². The van der Waals surface area contributed by atoms with Gasteiger partial charge in [0.2, 0.25) is 6.41 Å². The fourth-order valence-corrected chi connectivity index (χ4v) is 2.88. The third kappa shape index (κ3) is 6.87. The fraction of sp³-hybridized carbons (Fsp3) is 0.458. The molecule has 0 bridgehead atoms. The summed E-state index contributed by atoms with van der Waals surface area (Å²) in [5.74, 6) is 1.62. The van der Waals surface area contributed by atoms with Gasteiger partial charge in [-0.3, -0.25) is 4.79 Å². The molecule has 1 amide bonds. The van der Waals surface area contributed by atoms with Crippen molar-refractivity contribution >= 4 is 23.3 Å². The number of hydrogen-bond donors (Lipinski definition) is 3. The molecule has 0 saturated heterocycles. The van der Waals surface area contributed by atoms with Crippen LogP contribution in [0.5, 0.6) is 0 Å². The Morgan fingerprint density at radius 3 is 2.40 bits per heavy atom. The summed E-state index contributed by atoms with van der Waals surface area (Å²) < 4.78 is 0. The Morgan fingerprint density at radius 2 is 1.80 bits per heavy atom. The number of nitrogens with one attached hydrogen (secondary N) is 3. The van der Waals surface area contributed by atoms with Gasteiger partial charge in [0, 0.05) is 37.0 Å². The molecule has 6 nitrogen and oxygen atoms in total. The zero-order valence-electron chi connectivity index (χ0n) is 19.7. The van der Waals surface area contributed by atoms with Gasteiger partial charge in [-0.05, 0) is 37.5 Å². The number of aryl methyl sites for hydroxylation is 2. The summed E-state index contributed by atoms with van der Waals surface area (Å²) in [6.07, 6.45) is 1.49. The van der Waals surface area contributed by atoms with Crippen LogP contribution < -0.4 is 10.6 Å². The third-order valence-electron chi connectivity index (χ3n) is 4.12. The first kappa shape index (κ1) is 25.1. The minimum atomic E-state index is 0.614. The highest BCUT2D eigenvalue weighted by atomic mass is 16.1. The highest BCUT2D eigenvalue weighted by Crippen LogP contribution is 2.29. The smallest absolute Gasteiger partial charge is 0.207 e. The number of benzene rings is 1. The van der Waals surface area contributed by atoms with E-state index in [1.54, 1.807) is 0 Å². The lowest BCUT2D eigenvalue weighted by molar-refractivity contribution is -0.109. The number of para-hydroxylation sites is 1. The number of aromatic nitrogens is 3. The molecule has 3 rings (SSSR count). The van der Waals surface area contributed by atoms with Gasteiger partial charge in [-0.1, -0.05) is 46.8 Å². The van der Waals surface area contributed by atoms with E-state index < -0.39 is 0 Å². The Bertz CT molecular complexity index is 928. The van der Waals surface area contributed by atoms with Crippen LogP contribution >= 0.6 is 0 Å². The number of rotatable bonds is 6. The number of anilines is 1. The van der Waals surface area contributed by atoms with E-state index >= 15 is 0 Å². The van der Waals surface area contributed by atoms with Crippen LogP contribution in [0.1, 0.15) is 51.6 Å². The summed E-state index contributed by atoms with van der Waals surface area (Å²) in [5, 5.41) is 5.78. The molecule has 0 aliphatic heterocycles. The summed E-state index contributed by atoms with van der Waals surface area (Å²) in [5.41, 5.74) is 6.94. The van der Waals surface area contributed by atoms with Gasteiger partial charge in [0.1, 0.15) is 11.3 Å². The number of nitrogens with zero attached hydrogens (tertiary/aromatic N) is 2. The van der Waals surface area contributed by atoms with Gasteiger partial charge < -0.3 is 15.6 Å². The van der Waals surface area contributed by atoms with Crippen LogP contribution in [0.4, 0.5) is 5.82 Å². The van der Waals surface area contributed by atoms with Crippen molar-refractivity contribution in [3.8, 4) is 11.3 Å². The SMILES string of the molecule is CC.CC(C)C.CNc1nc2c(-c3cc(C)c(CCNC=O)[nH]3)cccc2nc1C. The molecule has 0 radical (unpaired) electrons. The number of carbonyl (C=O) groups excluding carboxylic acids is 1. The molecule has 2 aromatic heterocycles. The lowest BCUT2D eigenvalue weighted by Gasteiger charge is -2.08. The van der Waals surface area contributed by atoms with Crippen LogP contribution in [-0.4, -0.2) is 35.0 Å². The standard InChI is InChI=1S/C18H21N5O.C4H10.C2H6/c1-11-9-16(22-14(11)7-8-20-10-24)13-5-4-6-15-17(13)23-18(19-3)12(2)21-15;1-4(2)3;1-2/h4-6,9-10,22H,7-8H2,1-3H3,(H,19,23)(H,20,24);4H,1-3H3;1-2H3. The molecule has 3 N–H and O–H groups in total. The Balaban J connectivity index is 0.000000673. The number of fused-ring (bicyclic) bond motifs is 1. The second-order valence-corrected chi connectivity index (χ2v) is 7.48. The number of hydrogen-bond acceptors (Lipinski definition) is 4. The van der Waals surface area contributed by atoms with E-state index in [1.165, 1.54) is 5.56 Å². The molecule has 6 heteroatoms. The summed E-state index contributed by atoms with van der Waals surface area (Å²) in [6.45, 7) is 15.1. The van der Waals surface area contributed by atoms with E-state index in [1.807, 2.05) is 46.0 Å². The van der Waals surface area contributed by atoms with Crippen LogP contribution in [0.25, 0.3) is 22.3 Å². The molecule has 0 saturated carbocycles. The lowest BCUT2D eigenvalue weighted by atomic mass is 10.1. The summed E-state index contributed by atoms with van der Waals surface area (Å²) >= 11 is 0. The molecular formula is C24H37N5O. The minimum Gasteiger partial charge on any atom is -0.372 e. The van der Waals surface area contributed by atoms with Crippen LogP contribution in [0.3, 0.4) is 0 Å². The van der Waals surface area contributed by atoms with Crippen molar-refractivity contribution in [1.29, 1.82) is 0 Å². The summed E-state index contributed by atoms with van der Waals surface area (Å²) in [4.78, 5) is 23.2. The quantitative estimate of drug-likeness (QED) is 0.382. The predicted octanol–water partition coefficient (Wildman–Crippen LogP) is 5.26. The largest absolute Gasteiger partial charge is 0.372 e. The zero-order valence-corrected chi connectivity index (χ0v) is 19.7. The summed E-state index contributed by atoms with van der Waals surface area (Å²) in [6, 6.07) is 8.13. The lowest BCUT2D eigenvalue weighted by Crippen LogP contribution is -2.14. The molecule has 30 heavy (non-hydrogen) atoms. The average Bonchev–Trinajstić information content (AvgIpc) is 3.08. The van der Waals surface area contributed by atoms with E-state index in [4.69, 9.17) is 4.98 Å². The number of H-pyrrole nitrogens is 1. The first-order valence-electron chi connectivity index (χ1n) is 10.7. The molecular weight excluding hydrogens is 374 g/mol. The van der Waals surface area contributed by atoms with Crippen molar-refractivity contribution in [1.82, 2.24) is 20.3 Å². The molecule has 0 aliphatic rings. The van der Waals surface area contributed by atoms with Crippen molar-refractivity contribution in [2.75, 3.05) is 18.9 Å². The first-order chi connectivity index (χ1) is 14.4. The Morgan fingerprint density at radius 1 is 1.13 bits per heavy atom. The zero-order chi connectivity index (χ0) is 22.7. The van der Waals surface area contributed by atoms with E-state index in [9.17, 15) is 4.79 Å². The topological polar surface area (TPSA) is 82.7 Å². The van der Waals surface area contributed by atoms with Gasteiger partial charge in [0.05, 0.1) is 11.2 Å². The molecule has 0 aliphatic carbocycles. The molecule has 0 atom stereocenters. The van der Waals surface area contributed by atoms with Gasteiger partial charge in [-0.15, -0.1) is 0 Å². The predicted molar refractivity (Wildman–Crippen MR) is 128 cm³/mol. The van der Waals surface area contributed by atoms with Crippen molar-refractivity contribution in [2.45, 2.75) is 54.9 Å². The molecule has 0 fully saturated rings. The maximum atomic E-state index is 10.4. The van der Waals surface area contributed by atoms with E-state index in [2.05, 4.69) is 54.4 Å². The van der Waals surface area contributed by atoms with E-state index in [0.717, 1.165) is 58.2 Å². The average molecular weight is 412 g/mol. The van der Waals surface area contributed by atoms with Gasteiger partial charge >= 0.3 is 0 Å².